The summed E-state index contributed by atoms with van der Waals surface area (Å²) in [5.41, 5.74) is 7.31. The maximum Gasteiger partial charge on any atom is 3.00 e. The normalized spacial score (nSPS) is 11.7. The van der Waals surface area contributed by atoms with Gasteiger partial charge in [0.05, 0.1) is 0 Å². The zero-order chi connectivity index (χ0) is 34.3. The SMILES string of the molecule is CC(C)(C)c1cc(-c2ccc(-c3cc([Si](c4ccccc4)(c4ccccc4)c4ccccc4)ccc3O)[n-]2)[c-]c(-c2cccc3cc[n-]c23)c1.[Au+3]. The number of hydrogen-bond acceptors (Lipinski definition) is 1. The Kier molecular flexibility index (Phi) is 9.36. The number of benzene rings is 6. The molecule has 0 bridgehead atoms. The molecule has 0 amide bonds. The maximum atomic E-state index is 11.4. The van der Waals surface area contributed by atoms with Crippen molar-refractivity contribution in [1.29, 1.82) is 0 Å². The number of nitrogens with zero attached hydrogens (tertiary/aromatic N) is 2. The zero-order valence-electron chi connectivity index (χ0n) is 28.7. The van der Waals surface area contributed by atoms with Crippen LogP contribution in [0.2, 0.25) is 0 Å². The third-order valence-electron chi connectivity index (χ3n) is 9.79. The summed E-state index contributed by atoms with van der Waals surface area (Å²) in [5.74, 6) is 0.206. The standard InChI is InChI=1S/C46H37N2OSi.Au/c1-46(2,3)35-29-33(40-21-13-14-32-26-27-47-45(32)40)28-34(30-35)42-23-24-43(48-42)41-31-39(22-25-44(41)49)50(36-15-7-4-8-16-36,37-17-9-5-10-18-37)38-19-11-6-12-20-38;/h4-27,29-31,49H,1-3H3;/q-3;+3. The number of phenolic OH excluding ortho intramolecular Hbond substituents is 1. The molecule has 2 heterocycles. The van der Waals surface area contributed by atoms with Crippen molar-refractivity contribution in [2.75, 3.05) is 0 Å². The van der Waals surface area contributed by atoms with Gasteiger partial charge in [0.15, 0.2) is 8.07 Å². The molecule has 8 rings (SSSR count). The van der Waals surface area contributed by atoms with Gasteiger partial charge >= 0.3 is 22.4 Å². The van der Waals surface area contributed by atoms with Crippen molar-refractivity contribution in [3.8, 4) is 39.4 Å². The van der Waals surface area contributed by atoms with E-state index in [4.69, 9.17) is 4.98 Å². The number of hydrogen-bond donors (Lipinski definition) is 1. The Morgan fingerprint density at radius 3 is 1.75 bits per heavy atom. The Hall–Kier alpha value is -5.10. The van der Waals surface area contributed by atoms with Crippen molar-refractivity contribution < 1.29 is 27.5 Å². The molecule has 0 saturated carbocycles. The summed E-state index contributed by atoms with van der Waals surface area (Å²) in [5, 5.41) is 17.6. The van der Waals surface area contributed by atoms with Crippen LogP contribution in [0.1, 0.15) is 26.3 Å². The molecule has 0 atom stereocenters. The second-order valence-electron chi connectivity index (χ2n) is 13.9. The van der Waals surface area contributed by atoms with Crippen LogP contribution in [0.3, 0.4) is 0 Å². The topological polar surface area (TPSA) is 48.4 Å². The van der Waals surface area contributed by atoms with Crippen molar-refractivity contribution in [2.45, 2.75) is 26.2 Å². The summed E-state index contributed by atoms with van der Waals surface area (Å²) in [6.07, 6.45) is 1.86. The second-order valence-corrected chi connectivity index (χ2v) is 17.7. The quantitative estimate of drug-likeness (QED) is 0.101. The molecule has 252 valence electrons. The van der Waals surface area contributed by atoms with Gasteiger partial charge < -0.3 is 15.1 Å². The fourth-order valence-corrected chi connectivity index (χ4v) is 12.0. The maximum absolute atomic E-state index is 11.4. The molecule has 0 aliphatic carbocycles. The molecule has 0 radical (unpaired) electrons. The minimum atomic E-state index is -2.79. The van der Waals surface area contributed by atoms with Crippen LogP contribution >= 0.6 is 0 Å². The van der Waals surface area contributed by atoms with Crippen LogP contribution in [0.4, 0.5) is 0 Å². The van der Waals surface area contributed by atoms with E-state index in [2.05, 4.69) is 165 Å². The molecule has 1 N–H and O–H groups in total. The number of fused-ring (bicyclic) bond motifs is 1. The van der Waals surface area contributed by atoms with Gasteiger partial charge in [-0.3, -0.25) is 0 Å². The van der Waals surface area contributed by atoms with E-state index in [1.165, 1.54) is 26.3 Å². The van der Waals surface area contributed by atoms with E-state index >= 15 is 0 Å². The Labute approximate surface area is 316 Å². The minimum absolute atomic E-state index is 0. The van der Waals surface area contributed by atoms with Gasteiger partial charge in [0.25, 0.3) is 0 Å². The predicted molar refractivity (Wildman–Crippen MR) is 210 cm³/mol. The molecule has 0 aliphatic rings. The van der Waals surface area contributed by atoms with Gasteiger partial charge in [-0.05, 0) is 37.6 Å². The molecule has 6 aromatic carbocycles. The van der Waals surface area contributed by atoms with E-state index in [0.29, 0.717) is 5.56 Å². The Morgan fingerprint density at radius 1 is 0.549 bits per heavy atom. The van der Waals surface area contributed by atoms with Crippen LogP contribution in [-0.2, 0) is 27.8 Å². The molecule has 3 nitrogen and oxygen atoms in total. The van der Waals surface area contributed by atoms with Crippen molar-refractivity contribution in [1.82, 2.24) is 9.97 Å². The summed E-state index contributed by atoms with van der Waals surface area (Å²) in [6, 6.07) is 59.1. The van der Waals surface area contributed by atoms with Gasteiger partial charge in [-0.2, -0.15) is 11.7 Å². The molecular weight excluding hydrogens is 822 g/mol. The van der Waals surface area contributed by atoms with Gasteiger partial charge in [0, 0.05) is 5.56 Å². The molecular formula is C46H37AuN2OSi. The number of para-hydroxylation sites is 1. The zero-order valence-corrected chi connectivity index (χ0v) is 31.9. The summed E-state index contributed by atoms with van der Waals surface area (Å²) in [6.45, 7) is 6.69. The fraction of sp³-hybridized carbons (Fsp3) is 0.0870. The van der Waals surface area contributed by atoms with Crippen LogP contribution in [0.5, 0.6) is 5.75 Å². The van der Waals surface area contributed by atoms with Gasteiger partial charge in [0.1, 0.15) is 5.75 Å². The number of aromatic nitrogens is 2. The van der Waals surface area contributed by atoms with E-state index in [-0.39, 0.29) is 33.5 Å². The predicted octanol–water partition coefficient (Wildman–Crippen LogP) is 7.93. The molecule has 8 aromatic rings. The summed E-state index contributed by atoms with van der Waals surface area (Å²) in [7, 11) is -2.79. The van der Waals surface area contributed by atoms with E-state index in [1.54, 1.807) is 0 Å². The first kappa shape index (κ1) is 34.4. The number of phenols is 1. The Bertz CT molecular complexity index is 2330. The third kappa shape index (κ3) is 6.26. The largest absolute Gasteiger partial charge is 3.00 e. The fourth-order valence-electron chi connectivity index (χ4n) is 7.24. The summed E-state index contributed by atoms with van der Waals surface area (Å²) < 4.78 is 0. The molecule has 5 heteroatoms. The van der Waals surface area contributed by atoms with Gasteiger partial charge in [-0.15, -0.1) is 46.6 Å². The third-order valence-corrected chi connectivity index (χ3v) is 14.6. The Balaban J connectivity index is 0.00000406. The van der Waals surface area contributed by atoms with E-state index in [1.807, 2.05) is 30.5 Å². The van der Waals surface area contributed by atoms with Crippen molar-refractivity contribution >= 4 is 39.7 Å². The Morgan fingerprint density at radius 2 is 1.14 bits per heavy atom. The molecule has 0 unspecified atom stereocenters. The average Bonchev–Trinajstić information content (AvgIpc) is 3.84. The van der Waals surface area contributed by atoms with Gasteiger partial charge in [-0.1, -0.05) is 160 Å². The van der Waals surface area contributed by atoms with Crippen LogP contribution in [0, 0.1) is 6.07 Å². The van der Waals surface area contributed by atoms with Crippen molar-refractivity contribution in [2.24, 2.45) is 0 Å². The van der Waals surface area contributed by atoms with Crippen molar-refractivity contribution in [3.63, 3.8) is 0 Å². The number of aromatic hydroxyl groups is 1. The molecule has 51 heavy (non-hydrogen) atoms. The van der Waals surface area contributed by atoms with Crippen LogP contribution < -0.4 is 30.7 Å². The number of rotatable bonds is 7. The van der Waals surface area contributed by atoms with Crippen molar-refractivity contribution in [3.05, 3.63) is 176 Å². The van der Waals surface area contributed by atoms with Gasteiger partial charge in [-0.25, -0.2) is 5.69 Å². The molecule has 0 spiro atoms. The average molecular weight is 859 g/mol. The van der Waals surface area contributed by atoms with Crippen LogP contribution in [-0.4, -0.2) is 13.2 Å². The van der Waals surface area contributed by atoms with Gasteiger partial charge in [0.2, 0.25) is 0 Å². The first-order valence-corrected chi connectivity index (χ1v) is 19.1. The second kappa shape index (κ2) is 13.9. The molecule has 0 saturated heterocycles. The van der Waals surface area contributed by atoms with E-state index in [0.717, 1.165) is 39.0 Å². The minimum Gasteiger partial charge on any atom is -0.692 e. The van der Waals surface area contributed by atoms with E-state index in [9.17, 15) is 5.11 Å². The van der Waals surface area contributed by atoms with Crippen LogP contribution in [0.25, 0.3) is 44.5 Å². The molecule has 0 fully saturated rings. The summed E-state index contributed by atoms with van der Waals surface area (Å²) >= 11 is 0. The smallest absolute Gasteiger partial charge is 0.692 e. The monoisotopic (exact) mass is 858 g/mol. The summed E-state index contributed by atoms with van der Waals surface area (Å²) in [4.78, 5) is 9.85. The molecule has 2 aromatic heterocycles. The first-order valence-electron chi connectivity index (χ1n) is 17.1. The van der Waals surface area contributed by atoms with E-state index < -0.39 is 8.07 Å². The first-order chi connectivity index (χ1) is 24.3. The van der Waals surface area contributed by atoms with Crippen LogP contribution in [0.15, 0.2) is 164 Å². The molecule has 0 aliphatic heterocycles.